The fraction of sp³-hybridized carbons (Fsp3) is 0.467. The number of benzene rings is 1. The molecular weight excluding hydrogens is 256 g/mol. The first-order valence-corrected chi connectivity index (χ1v) is 7.57. The highest BCUT2D eigenvalue weighted by atomic mass is 32.2. The first kappa shape index (κ1) is 14.0. The standard InChI is InChI=1S/C15H18N2OS/c1-10(2)13(9-16)17-15(18)14-12-6-4-3-5-11(12)7-8-19-14/h3-6,10,13-14H,7-8H2,1-2H3,(H,17,18). The largest absolute Gasteiger partial charge is 0.339 e. The molecular formula is C15H18N2OS. The van der Waals surface area contributed by atoms with Crippen LogP contribution in [0.5, 0.6) is 0 Å². The molecule has 4 heteroatoms. The van der Waals surface area contributed by atoms with Crippen LogP contribution in [0.2, 0.25) is 0 Å². The number of nitriles is 1. The number of aryl methyl sites for hydroxylation is 1. The summed E-state index contributed by atoms with van der Waals surface area (Å²) < 4.78 is 0. The molecule has 1 amide bonds. The van der Waals surface area contributed by atoms with Gasteiger partial charge in [0.25, 0.3) is 0 Å². The van der Waals surface area contributed by atoms with Gasteiger partial charge in [0, 0.05) is 0 Å². The smallest absolute Gasteiger partial charge is 0.238 e. The van der Waals surface area contributed by atoms with Crippen molar-refractivity contribution in [3.63, 3.8) is 0 Å². The van der Waals surface area contributed by atoms with E-state index in [0.29, 0.717) is 0 Å². The summed E-state index contributed by atoms with van der Waals surface area (Å²) >= 11 is 1.66. The van der Waals surface area contributed by atoms with Gasteiger partial charge in [-0.25, -0.2) is 0 Å². The maximum absolute atomic E-state index is 12.4. The van der Waals surface area contributed by atoms with E-state index in [-0.39, 0.29) is 17.1 Å². The van der Waals surface area contributed by atoms with Gasteiger partial charge in [0.1, 0.15) is 11.3 Å². The van der Waals surface area contributed by atoms with Crippen LogP contribution < -0.4 is 5.32 Å². The maximum atomic E-state index is 12.4. The minimum absolute atomic E-state index is 0.0441. The highest BCUT2D eigenvalue weighted by Gasteiger charge is 2.28. The van der Waals surface area contributed by atoms with E-state index in [1.54, 1.807) is 11.8 Å². The summed E-state index contributed by atoms with van der Waals surface area (Å²) in [6.07, 6.45) is 1.01. The van der Waals surface area contributed by atoms with E-state index in [4.69, 9.17) is 5.26 Å². The van der Waals surface area contributed by atoms with Gasteiger partial charge in [0.15, 0.2) is 0 Å². The minimum Gasteiger partial charge on any atom is -0.339 e. The Morgan fingerprint density at radius 1 is 1.47 bits per heavy atom. The zero-order chi connectivity index (χ0) is 13.8. The van der Waals surface area contributed by atoms with Gasteiger partial charge in [0.05, 0.1) is 6.07 Å². The molecule has 0 aromatic heterocycles. The molecule has 0 saturated carbocycles. The molecule has 2 atom stereocenters. The monoisotopic (exact) mass is 274 g/mol. The normalized spacial score (nSPS) is 19.4. The van der Waals surface area contributed by atoms with Gasteiger partial charge in [-0.3, -0.25) is 4.79 Å². The molecule has 19 heavy (non-hydrogen) atoms. The number of rotatable bonds is 3. The van der Waals surface area contributed by atoms with Crippen LogP contribution in [0.25, 0.3) is 0 Å². The molecule has 1 heterocycles. The summed E-state index contributed by atoms with van der Waals surface area (Å²) in [6.45, 7) is 3.88. The van der Waals surface area contributed by atoms with Crippen LogP contribution in [0.4, 0.5) is 0 Å². The van der Waals surface area contributed by atoms with Crippen molar-refractivity contribution < 1.29 is 4.79 Å². The van der Waals surface area contributed by atoms with Crippen LogP contribution in [0.3, 0.4) is 0 Å². The first-order chi connectivity index (χ1) is 9.13. The van der Waals surface area contributed by atoms with Crippen molar-refractivity contribution in [1.82, 2.24) is 5.32 Å². The zero-order valence-corrected chi connectivity index (χ0v) is 12.0. The van der Waals surface area contributed by atoms with E-state index in [1.807, 2.05) is 32.0 Å². The number of carbonyl (C=O) groups is 1. The van der Waals surface area contributed by atoms with Crippen LogP contribution in [-0.4, -0.2) is 17.7 Å². The van der Waals surface area contributed by atoms with E-state index >= 15 is 0 Å². The number of thioether (sulfide) groups is 1. The molecule has 1 aliphatic heterocycles. The second kappa shape index (κ2) is 6.12. The van der Waals surface area contributed by atoms with Crippen molar-refractivity contribution in [2.45, 2.75) is 31.6 Å². The molecule has 3 nitrogen and oxygen atoms in total. The van der Waals surface area contributed by atoms with Gasteiger partial charge >= 0.3 is 0 Å². The van der Waals surface area contributed by atoms with E-state index in [9.17, 15) is 4.79 Å². The highest BCUT2D eigenvalue weighted by Crippen LogP contribution is 2.36. The third kappa shape index (κ3) is 3.10. The van der Waals surface area contributed by atoms with Crippen molar-refractivity contribution in [1.29, 1.82) is 5.26 Å². The first-order valence-electron chi connectivity index (χ1n) is 6.53. The summed E-state index contributed by atoms with van der Waals surface area (Å²) in [4.78, 5) is 12.4. The Hall–Kier alpha value is -1.47. The Labute approximate surface area is 118 Å². The lowest BCUT2D eigenvalue weighted by molar-refractivity contribution is -0.121. The SMILES string of the molecule is CC(C)C(C#N)NC(=O)C1SCCc2ccccc21. The van der Waals surface area contributed by atoms with Crippen LogP contribution in [0, 0.1) is 17.2 Å². The van der Waals surface area contributed by atoms with Gasteiger partial charge < -0.3 is 5.32 Å². The van der Waals surface area contributed by atoms with Crippen molar-refractivity contribution >= 4 is 17.7 Å². The molecule has 1 aliphatic rings. The highest BCUT2D eigenvalue weighted by molar-refractivity contribution is 8.00. The molecule has 1 aromatic carbocycles. The average Bonchev–Trinajstić information content (AvgIpc) is 2.43. The Balaban J connectivity index is 2.15. The van der Waals surface area contributed by atoms with Gasteiger partial charge in [-0.1, -0.05) is 38.1 Å². The van der Waals surface area contributed by atoms with Gasteiger partial charge in [-0.2, -0.15) is 5.26 Å². The van der Waals surface area contributed by atoms with Gasteiger partial charge in [-0.15, -0.1) is 11.8 Å². The lowest BCUT2D eigenvalue weighted by Gasteiger charge is -2.26. The molecule has 0 fully saturated rings. The predicted molar refractivity (Wildman–Crippen MR) is 77.7 cm³/mol. The van der Waals surface area contributed by atoms with Crippen molar-refractivity contribution in [3.8, 4) is 6.07 Å². The van der Waals surface area contributed by atoms with Crippen LogP contribution in [0.15, 0.2) is 24.3 Å². The van der Waals surface area contributed by atoms with E-state index in [0.717, 1.165) is 17.7 Å². The predicted octanol–water partition coefficient (Wildman–Crippen LogP) is 2.68. The summed E-state index contributed by atoms with van der Waals surface area (Å²) in [5.74, 6) is 1.03. The summed E-state index contributed by atoms with van der Waals surface area (Å²) in [7, 11) is 0. The third-order valence-corrected chi connectivity index (χ3v) is 4.58. The van der Waals surface area contributed by atoms with Gasteiger partial charge in [0.2, 0.25) is 5.91 Å². The average molecular weight is 274 g/mol. The van der Waals surface area contributed by atoms with E-state index in [2.05, 4.69) is 17.5 Å². The van der Waals surface area contributed by atoms with Crippen LogP contribution in [0.1, 0.15) is 30.2 Å². The molecule has 0 radical (unpaired) electrons. The Bertz CT molecular complexity index is 507. The molecule has 2 rings (SSSR count). The summed E-state index contributed by atoms with van der Waals surface area (Å²) in [5.41, 5.74) is 2.34. The lowest BCUT2D eigenvalue weighted by atomic mass is 10.00. The number of amides is 1. The quantitative estimate of drug-likeness (QED) is 0.922. The van der Waals surface area contributed by atoms with Crippen molar-refractivity contribution in [3.05, 3.63) is 35.4 Å². The van der Waals surface area contributed by atoms with Crippen molar-refractivity contribution in [2.75, 3.05) is 5.75 Å². The minimum atomic E-state index is -0.415. The molecule has 0 spiro atoms. The Kier molecular flexibility index (Phi) is 4.49. The third-order valence-electron chi connectivity index (χ3n) is 3.34. The van der Waals surface area contributed by atoms with Crippen LogP contribution in [-0.2, 0) is 11.2 Å². The lowest BCUT2D eigenvalue weighted by Crippen LogP contribution is -2.40. The number of hydrogen-bond acceptors (Lipinski definition) is 3. The van der Waals surface area contributed by atoms with E-state index in [1.165, 1.54) is 5.56 Å². The Morgan fingerprint density at radius 3 is 2.89 bits per heavy atom. The Morgan fingerprint density at radius 2 is 2.21 bits per heavy atom. The van der Waals surface area contributed by atoms with E-state index < -0.39 is 6.04 Å². The van der Waals surface area contributed by atoms with Gasteiger partial charge in [-0.05, 0) is 29.2 Å². The second-order valence-corrected chi connectivity index (χ2v) is 6.27. The topological polar surface area (TPSA) is 52.9 Å². The molecule has 0 aliphatic carbocycles. The number of hydrogen-bond donors (Lipinski definition) is 1. The molecule has 0 bridgehead atoms. The molecule has 100 valence electrons. The molecule has 0 saturated heterocycles. The number of nitrogens with one attached hydrogen (secondary N) is 1. The fourth-order valence-corrected chi connectivity index (χ4v) is 3.39. The number of fused-ring (bicyclic) bond motifs is 1. The van der Waals surface area contributed by atoms with Crippen molar-refractivity contribution in [2.24, 2.45) is 5.92 Å². The zero-order valence-electron chi connectivity index (χ0n) is 11.2. The van der Waals surface area contributed by atoms with Crippen LogP contribution >= 0.6 is 11.8 Å². The molecule has 1 aromatic rings. The summed E-state index contributed by atoms with van der Waals surface area (Å²) in [5, 5.41) is 11.7. The molecule has 1 N–H and O–H groups in total. The summed E-state index contributed by atoms with van der Waals surface area (Å²) in [6, 6.07) is 9.82. The molecule has 2 unspecified atom stereocenters. The number of nitrogens with zero attached hydrogens (tertiary/aromatic N) is 1. The second-order valence-electron chi connectivity index (χ2n) is 5.06. The number of carbonyl (C=O) groups excluding carboxylic acids is 1. The maximum Gasteiger partial charge on any atom is 0.238 e. The fourth-order valence-electron chi connectivity index (χ4n) is 2.19.